The Balaban J connectivity index is 2.21. The van der Waals surface area contributed by atoms with Crippen molar-refractivity contribution in [1.82, 2.24) is 15.5 Å². The van der Waals surface area contributed by atoms with Crippen LogP contribution in [0.1, 0.15) is 38.4 Å². The summed E-state index contributed by atoms with van der Waals surface area (Å²) >= 11 is 0. The molecule has 0 aliphatic heterocycles. The summed E-state index contributed by atoms with van der Waals surface area (Å²) in [7, 11) is 0. The van der Waals surface area contributed by atoms with Gasteiger partial charge < -0.3 is 9.84 Å². The predicted molar refractivity (Wildman–Crippen MR) is 54.8 cm³/mol. The Bertz CT molecular complexity index is 256. The maximum atomic E-state index is 4.87. The summed E-state index contributed by atoms with van der Waals surface area (Å²) in [5.41, 5.74) is 0. The molecule has 4 nitrogen and oxygen atoms in total. The minimum atomic E-state index is 0.629. The van der Waals surface area contributed by atoms with E-state index in [-0.39, 0.29) is 0 Å². The fourth-order valence-corrected chi connectivity index (χ4v) is 1.38. The molecule has 0 bridgehead atoms. The molecule has 4 heteroatoms. The van der Waals surface area contributed by atoms with Crippen LogP contribution >= 0.6 is 0 Å². The summed E-state index contributed by atoms with van der Waals surface area (Å²) in [6.07, 6.45) is 2.43. The van der Waals surface area contributed by atoms with E-state index in [0.717, 1.165) is 18.3 Å². The normalized spacial score (nSPS) is 11.1. The van der Waals surface area contributed by atoms with Crippen molar-refractivity contribution < 1.29 is 4.52 Å². The van der Waals surface area contributed by atoms with Crippen LogP contribution in [0.15, 0.2) is 4.52 Å². The first kappa shape index (κ1) is 11.2. The molecule has 0 radical (unpaired) electrons. The van der Waals surface area contributed by atoms with Crippen molar-refractivity contribution >= 4 is 0 Å². The van der Waals surface area contributed by atoms with Crippen LogP contribution in [0, 0.1) is 12.8 Å². The van der Waals surface area contributed by atoms with Gasteiger partial charge in [0.05, 0.1) is 6.54 Å². The zero-order valence-electron chi connectivity index (χ0n) is 9.21. The van der Waals surface area contributed by atoms with E-state index in [1.165, 1.54) is 12.8 Å². The van der Waals surface area contributed by atoms with Crippen molar-refractivity contribution in [2.75, 3.05) is 6.54 Å². The van der Waals surface area contributed by atoms with E-state index < -0.39 is 0 Å². The molecule has 80 valence electrons. The number of nitrogens with zero attached hydrogens (tertiary/aromatic N) is 2. The van der Waals surface area contributed by atoms with Crippen LogP contribution in [0.5, 0.6) is 0 Å². The fraction of sp³-hybridized carbons (Fsp3) is 0.800. The molecule has 0 saturated carbocycles. The second kappa shape index (κ2) is 5.75. The molecule has 0 saturated heterocycles. The molecule has 0 amide bonds. The minimum absolute atomic E-state index is 0.629. The van der Waals surface area contributed by atoms with Crippen molar-refractivity contribution in [3.05, 3.63) is 11.7 Å². The number of aromatic nitrogens is 2. The van der Waals surface area contributed by atoms with Crippen LogP contribution in [-0.4, -0.2) is 16.7 Å². The number of hydrogen-bond acceptors (Lipinski definition) is 4. The Morgan fingerprint density at radius 3 is 2.57 bits per heavy atom. The third-order valence-electron chi connectivity index (χ3n) is 2.44. The van der Waals surface area contributed by atoms with E-state index in [0.29, 0.717) is 12.4 Å². The third-order valence-corrected chi connectivity index (χ3v) is 2.44. The molecule has 1 N–H and O–H groups in total. The second-order valence-corrected chi connectivity index (χ2v) is 3.54. The van der Waals surface area contributed by atoms with Gasteiger partial charge in [0.15, 0.2) is 5.82 Å². The first-order valence-corrected chi connectivity index (χ1v) is 5.26. The van der Waals surface area contributed by atoms with E-state index in [4.69, 9.17) is 4.52 Å². The fourth-order valence-electron chi connectivity index (χ4n) is 1.38. The Morgan fingerprint density at radius 1 is 1.36 bits per heavy atom. The number of aryl methyl sites for hydroxylation is 1. The molecule has 1 rings (SSSR count). The molecule has 14 heavy (non-hydrogen) atoms. The summed E-state index contributed by atoms with van der Waals surface area (Å²) in [5, 5.41) is 7.15. The summed E-state index contributed by atoms with van der Waals surface area (Å²) in [4.78, 5) is 4.12. The van der Waals surface area contributed by atoms with Crippen LogP contribution in [0.3, 0.4) is 0 Å². The van der Waals surface area contributed by atoms with Crippen molar-refractivity contribution in [3.8, 4) is 0 Å². The SMILES string of the molecule is CCC(CC)CNCc1noc(C)n1. The molecule has 0 fully saturated rings. The van der Waals surface area contributed by atoms with Gasteiger partial charge in [0, 0.05) is 6.92 Å². The highest BCUT2D eigenvalue weighted by molar-refractivity contribution is 4.82. The lowest BCUT2D eigenvalue weighted by Crippen LogP contribution is -2.22. The monoisotopic (exact) mass is 197 g/mol. The smallest absolute Gasteiger partial charge is 0.223 e. The highest BCUT2D eigenvalue weighted by Gasteiger charge is 2.04. The van der Waals surface area contributed by atoms with E-state index in [1.807, 2.05) is 0 Å². The van der Waals surface area contributed by atoms with Crippen molar-refractivity contribution in [2.24, 2.45) is 5.92 Å². The number of nitrogens with one attached hydrogen (secondary N) is 1. The van der Waals surface area contributed by atoms with Crippen molar-refractivity contribution in [1.29, 1.82) is 0 Å². The van der Waals surface area contributed by atoms with Crippen molar-refractivity contribution in [3.63, 3.8) is 0 Å². The lowest BCUT2D eigenvalue weighted by Gasteiger charge is -2.11. The molecule has 1 aromatic heterocycles. The molecule has 1 aromatic rings. The van der Waals surface area contributed by atoms with Gasteiger partial charge in [-0.05, 0) is 12.5 Å². The van der Waals surface area contributed by atoms with Gasteiger partial charge in [0.25, 0.3) is 0 Å². The average Bonchev–Trinajstić information content (AvgIpc) is 2.59. The highest BCUT2D eigenvalue weighted by atomic mass is 16.5. The Kier molecular flexibility index (Phi) is 4.59. The van der Waals surface area contributed by atoms with E-state index in [2.05, 4.69) is 29.3 Å². The molecule has 0 aliphatic rings. The van der Waals surface area contributed by atoms with E-state index >= 15 is 0 Å². The summed E-state index contributed by atoms with van der Waals surface area (Å²) in [6.45, 7) is 7.97. The Morgan fingerprint density at radius 2 is 2.07 bits per heavy atom. The second-order valence-electron chi connectivity index (χ2n) is 3.54. The maximum absolute atomic E-state index is 4.87. The Labute approximate surface area is 85.1 Å². The topological polar surface area (TPSA) is 51.0 Å². The summed E-state index contributed by atoms with van der Waals surface area (Å²) in [6, 6.07) is 0. The van der Waals surface area contributed by atoms with Gasteiger partial charge in [-0.3, -0.25) is 0 Å². The van der Waals surface area contributed by atoms with Gasteiger partial charge in [-0.25, -0.2) is 0 Å². The number of hydrogen-bond donors (Lipinski definition) is 1. The van der Waals surface area contributed by atoms with Crippen LogP contribution in [0.2, 0.25) is 0 Å². The van der Waals surface area contributed by atoms with Crippen LogP contribution in [0.25, 0.3) is 0 Å². The lowest BCUT2D eigenvalue weighted by atomic mass is 10.0. The first-order chi connectivity index (χ1) is 6.76. The zero-order chi connectivity index (χ0) is 10.4. The molecular weight excluding hydrogens is 178 g/mol. The summed E-state index contributed by atoms with van der Waals surface area (Å²) < 4.78 is 4.87. The molecule has 0 unspecified atom stereocenters. The van der Waals surface area contributed by atoms with Gasteiger partial charge >= 0.3 is 0 Å². The van der Waals surface area contributed by atoms with Gasteiger partial charge in [-0.15, -0.1) is 0 Å². The van der Waals surface area contributed by atoms with Gasteiger partial charge in [0.2, 0.25) is 5.89 Å². The van der Waals surface area contributed by atoms with E-state index in [9.17, 15) is 0 Å². The highest BCUT2D eigenvalue weighted by Crippen LogP contribution is 2.05. The van der Waals surface area contributed by atoms with Gasteiger partial charge in [0.1, 0.15) is 0 Å². The van der Waals surface area contributed by atoms with Crippen molar-refractivity contribution in [2.45, 2.75) is 40.2 Å². The molecule has 0 aromatic carbocycles. The first-order valence-electron chi connectivity index (χ1n) is 5.26. The van der Waals surface area contributed by atoms with E-state index in [1.54, 1.807) is 6.92 Å². The summed E-state index contributed by atoms with van der Waals surface area (Å²) in [5.74, 6) is 2.13. The Hall–Kier alpha value is -0.900. The largest absolute Gasteiger partial charge is 0.340 e. The molecular formula is C10H19N3O. The standard InChI is InChI=1S/C10H19N3O/c1-4-9(5-2)6-11-7-10-12-8(3)14-13-10/h9,11H,4-7H2,1-3H3. The molecule has 1 heterocycles. The lowest BCUT2D eigenvalue weighted by molar-refractivity contribution is 0.382. The molecule has 0 aliphatic carbocycles. The van der Waals surface area contributed by atoms with Crippen LogP contribution in [0.4, 0.5) is 0 Å². The predicted octanol–water partition coefficient (Wildman–Crippen LogP) is 1.90. The molecule has 0 spiro atoms. The van der Waals surface area contributed by atoms with Gasteiger partial charge in [-0.1, -0.05) is 31.8 Å². The van der Waals surface area contributed by atoms with Crippen LogP contribution < -0.4 is 5.32 Å². The minimum Gasteiger partial charge on any atom is -0.340 e. The average molecular weight is 197 g/mol. The van der Waals surface area contributed by atoms with Gasteiger partial charge in [-0.2, -0.15) is 4.98 Å². The maximum Gasteiger partial charge on any atom is 0.223 e. The quantitative estimate of drug-likeness (QED) is 0.756. The third kappa shape index (κ3) is 3.46. The molecule has 0 atom stereocenters. The zero-order valence-corrected chi connectivity index (χ0v) is 9.21. The van der Waals surface area contributed by atoms with Crippen LogP contribution in [-0.2, 0) is 6.54 Å². The number of rotatable bonds is 6.